The highest BCUT2D eigenvalue weighted by Crippen LogP contribution is 2.36. The van der Waals surface area contributed by atoms with Crippen LogP contribution < -0.4 is 11.1 Å². The second-order valence-electron chi connectivity index (χ2n) is 7.43. The van der Waals surface area contributed by atoms with Crippen LogP contribution in [0.15, 0.2) is 29.2 Å². The molecule has 1 fully saturated rings. The lowest BCUT2D eigenvalue weighted by atomic mass is 9.89. The van der Waals surface area contributed by atoms with Crippen LogP contribution in [-0.4, -0.2) is 16.1 Å². The van der Waals surface area contributed by atoms with Gasteiger partial charge in [-0.2, -0.15) is 0 Å². The van der Waals surface area contributed by atoms with Crippen LogP contribution in [0.25, 0.3) is 17.2 Å². The molecule has 146 valence electrons. The molecule has 5 nitrogen and oxygen atoms in total. The van der Waals surface area contributed by atoms with Gasteiger partial charge in [0.1, 0.15) is 0 Å². The summed E-state index contributed by atoms with van der Waals surface area (Å²) in [5.74, 6) is 0.0749. The van der Waals surface area contributed by atoms with E-state index in [4.69, 9.17) is 10.7 Å². The summed E-state index contributed by atoms with van der Waals surface area (Å²) >= 11 is 0.914. The molecule has 1 aromatic heterocycles. The molecule has 2 heterocycles. The van der Waals surface area contributed by atoms with Crippen molar-refractivity contribution in [2.75, 3.05) is 0 Å². The number of nitrogens with one attached hydrogen (secondary N) is 1. The number of carbonyl (C=O) groups excluding carboxylic acids is 2. The summed E-state index contributed by atoms with van der Waals surface area (Å²) in [6.07, 6.45) is 2.59. The van der Waals surface area contributed by atoms with Crippen molar-refractivity contribution in [2.24, 2.45) is 11.7 Å². The van der Waals surface area contributed by atoms with E-state index in [1.807, 2.05) is 13.8 Å². The molecule has 28 heavy (non-hydrogen) atoms. The molecule has 0 spiro atoms. The van der Waals surface area contributed by atoms with E-state index in [1.165, 1.54) is 5.56 Å². The van der Waals surface area contributed by atoms with E-state index in [-0.39, 0.29) is 11.1 Å². The van der Waals surface area contributed by atoms with Crippen molar-refractivity contribution < 1.29 is 9.59 Å². The number of hydrogen-bond donors (Lipinski definition) is 2. The molecule has 0 unspecified atom stereocenters. The number of aromatic nitrogens is 1. The van der Waals surface area contributed by atoms with E-state index >= 15 is 0 Å². The zero-order valence-corrected chi connectivity index (χ0v) is 17.4. The minimum Gasteiger partial charge on any atom is -0.326 e. The van der Waals surface area contributed by atoms with Crippen molar-refractivity contribution in [1.29, 1.82) is 0 Å². The third-order valence-corrected chi connectivity index (χ3v) is 5.49. The van der Waals surface area contributed by atoms with Crippen LogP contribution in [-0.2, 0) is 17.8 Å². The number of nitrogens with two attached hydrogens (primary N) is 1. The van der Waals surface area contributed by atoms with Gasteiger partial charge in [-0.1, -0.05) is 43.7 Å². The molecule has 3 N–H and O–H groups in total. The van der Waals surface area contributed by atoms with E-state index in [0.717, 1.165) is 51.8 Å². The number of nitrogens with zero attached hydrogens (tertiary/aromatic N) is 1. The number of benzene rings is 1. The normalized spacial score (nSPS) is 15.6. The first-order valence-electron chi connectivity index (χ1n) is 9.34. The Morgan fingerprint density at radius 3 is 2.39 bits per heavy atom. The summed E-state index contributed by atoms with van der Waals surface area (Å²) in [5.41, 5.74) is 13.0. The number of pyridine rings is 1. The topological polar surface area (TPSA) is 85.1 Å². The summed E-state index contributed by atoms with van der Waals surface area (Å²) in [6.45, 7) is 8.65. The van der Waals surface area contributed by atoms with Crippen LogP contribution in [0.3, 0.4) is 0 Å². The molecular formula is C22H25N3O2S. The summed E-state index contributed by atoms with van der Waals surface area (Å²) in [5, 5.41) is 1.96. The molecule has 2 aromatic rings. The largest absolute Gasteiger partial charge is 0.326 e. The molecule has 1 aliphatic heterocycles. The van der Waals surface area contributed by atoms with E-state index in [2.05, 4.69) is 43.4 Å². The van der Waals surface area contributed by atoms with Crippen molar-refractivity contribution in [1.82, 2.24) is 10.3 Å². The first-order valence-corrected chi connectivity index (χ1v) is 10.2. The minimum atomic E-state index is -0.371. The lowest BCUT2D eigenvalue weighted by Crippen LogP contribution is -2.18. The number of rotatable bonds is 5. The lowest BCUT2D eigenvalue weighted by molar-refractivity contribution is -0.115. The first kappa shape index (κ1) is 20.3. The Hall–Kier alpha value is -2.44. The van der Waals surface area contributed by atoms with Crippen molar-refractivity contribution in [3.63, 3.8) is 0 Å². The van der Waals surface area contributed by atoms with Gasteiger partial charge in [-0.05, 0) is 60.7 Å². The van der Waals surface area contributed by atoms with Crippen molar-refractivity contribution in [3.05, 3.63) is 57.2 Å². The maximum Gasteiger partial charge on any atom is 0.290 e. The molecule has 6 heteroatoms. The quantitative estimate of drug-likeness (QED) is 0.735. The summed E-state index contributed by atoms with van der Waals surface area (Å²) < 4.78 is 0. The highest BCUT2D eigenvalue weighted by atomic mass is 32.2. The molecular weight excluding hydrogens is 370 g/mol. The Labute approximate surface area is 169 Å². The van der Waals surface area contributed by atoms with Gasteiger partial charge in [0.25, 0.3) is 11.1 Å². The average molecular weight is 396 g/mol. The molecule has 2 amide bonds. The standard InChI is InChI=1S/C22H25N3O2S/c1-12(2)9-18-17(11-23)20(15-7-5-13(3)6-8-15)16(14(4)24-18)10-19-21(26)25-22(27)28-19/h5-8,10,12H,9,11,23H2,1-4H3,(H,25,26,27)/b19-10+. The average Bonchev–Trinajstić information content (AvgIpc) is 2.94. The second kappa shape index (κ2) is 8.29. The molecule has 0 bridgehead atoms. The van der Waals surface area contributed by atoms with Crippen LogP contribution in [0.1, 0.15) is 41.9 Å². The Balaban J connectivity index is 2.28. The van der Waals surface area contributed by atoms with Crippen molar-refractivity contribution >= 4 is 29.0 Å². The van der Waals surface area contributed by atoms with Gasteiger partial charge in [-0.3, -0.25) is 19.9 Å². The number of amides is 2. The van der Waals surface area contributed by atoms with Crippen LogP contribution in [0.2, 0.25) is 0 Å². The van der Waals surface area contributed by atoms with Gasteiger partial charge in [0.2, 0.25) is 0 Å². The highest BCUT2D eigenvalue weighted by Gasteiger charge is 2.27. The van der Waals surface area contributed by atoms with E-state index in [1.54, 1.807) is 6.08 Å². The molecule has 0 radical (unpaired) electrons. The molecule has 1 saturated heterocycles. The fourth-order valence-electron chi connectivity index (χ4n) is 3.37. The monoisotopic (exact) mass is 395 g/mol. The number of carbonyl (C=O) groups is 2. The number of hydrogen-bond acceptors (Lipinski definition) is 5. The Bertz CT molecular complexity index is 963. The maximum absolute atomic E-state index is 12.1. The number of imide groups is 1. The van der Waals surface area contributed by atoms with Crippen LogP contribution in [0.5, 0.6) is 0 Å². The molecule has 3 rings (SSSR count). The molecule has 0 atom stereocenters. The lowest BCUT2D eigenvalue weighted by Gasteiger charge is -2.20. The Morgan fingerprint density at radius 1 is 1.18 bits per heavy atom. The first-order chi connectivity index (χ1) is 13.3. The van der Waals surface area contributed by atoms with Gasteiger partial charge in [0, 0.05) is 23.5 Å². The highest BCUT2D eigenvalue weighted by molar-refractivity contribution is 8.18. The number of aryl methyl sites for hydroxylation is 2. The van der Waals surface area contributed by atoms with Crippen LogP contribution >= 0.6 is 11.8 Å². The third-order valence-electron chi connectivity index (χ3n) is 4.68. The predicted molar refractivity (Wildman–Crippen MR) is 115 cm³/mol. The Kier molecular flexibility index (Phi) is 6.01. The van der Waals surface area contributed by atoms with Gasteiger partial charge in [0.15, 0.2) is 0 Å². The maximum atomic E-state index is 12.1. The van der Waals surface area contributed by atoms with Crippen LogP contribution in [0, 0.1) is 19.8 Å². The van der Waals surface area contributed by atoms with Crippen molar-refractivity contribution in [2.45, 2.75) is 40.7 Å². The fourth-order valence-corrected chi connectivity index (χ4v) is 4.04. The molecule has 0 saturated carbocycles. The SMILES string of the molecule is Cc1ccc(-c2c(/C=C3/SC(=O)NC3=O)c(C)nc(CC(C)C)c2CN)cc1. The van der Waals surface area contributed by atoms with E-state index < -0.39 is 0 Å². The van der Waals surface area contributed by atoms with Crippen molar-refractivity contribution in [3.8, 4) is 11.1 Å². The number of thioether (sulfide) groups is 1. The van der Waals surface area contributed by atoms with Gasteiger partial charge >= 0.3 is 0 Å². The van der Waals surface area contributed by atoms with Gasteiger partial charge in [-0.25, -0.2) is 0 Å². The van der Waals surface area contributed by atoms with Gasteiger partial charge < -0.3 is 5.73 Å². The summed E-state index contributed by atoms with van der Waals surface area (Å²) in [7, 11) is 0. The zero-order valence-electron chi connectivity index (χ0n) is 16.6. The van der Waals surface area contributed by atoms with E-state index in [0.29, 0.717) is 17.4 Å². The molecule has 1 aliphatic rings. The third kappa shape index (κ3) is 4.18. The summed E-state index contributed by atoms with van der Waals surface area (Å²) in [4.78, 5) is 28.9. The smallest absolute Gasteiger partial charge is 0.290 e. The zero-order chi connectivity index (χ0) is 20.4. The van der Waals surface area contributed by atoms with Gasteiger partial charge in [-0.15, -0.1) is 0 Å². The summed E-state index contributed by atoms with van der Waals surface area (Å²) in [6, 6.07) is 8.25. The molecule has 0 aliphatic carbocycles. The predicted octanol–water partition coefficient (Wildman–Crippen LogP) is 4.35. The van der Waals surface area contributed by atoms with E-state index in [9.17, 15) is 9.59 Å². The Morgan fingerprint density at radius 2 is 1.86 bits per heavy atom. The minimum absolute atomic E-state index is 0.353. The van der Waals surface area contributed by atoms with Gasteiger partial charge in [0.05, 0.1) is 4.91 Å². The molecule has 1 aromatic carbocycles. The fraction of sp³-hybridized carbons (Fsp3) is 0.318. The van der Waals surface area contributed by atoms with Crippen LogP contribution in [0.4, 0.5) is 4.79 Å². The second-order valence-corrected chi connectivity index (χ2v) is 8.45.